The molecule has 0 spiro atoms. The number of fused-ring (bicyclic) bond motifs is 1. The number of likely N-dealkylation sites (N-methyl/N-ethyl adjacent to an activating group) is 1. The number of nitrogens with zero attached hydrogens (tertiary/aromatic N) is 3. The highest BCUT2D eigenvalue weighted by atomic mass is 32.1. The SMILES string of the molecule is CCN(CC)C(=O)CN1CCN(C(=O)C(Cc2c[nH]c3ccccc23)NC(=O)c2cccs2)CC1. The minimum Gasteiger partial charge on any atom is -0.361 e. The highest BCUT2D eigenvalue weighted by Gasteiger charge is 2.30. The van der Waals surface area contributed by atoms with Gasteiger partial charge in [-0.15, -0.1) is 11.3 Å². The van der Waals surface area contributed by atoms with Crippen LogP contribution in [0, 0.1) is 0 Å². The zero-order valence-corrected chi connectivity index (χ0v) is 21.1. The van der Waals surface area contributed by atoms with E-state index < -0.39 is 6.04 Å². The van der Waals surface area contributed by atoms with E-state index in [1.807, 2.05) is 65.6 Å². The zero-order valence-electron chi connectivity index (χ0n) is 20.3. The number of thiophene rings is 1. The van der Waals surface area contributed by atoms with E-state index in [-0.39, 0.29) is 17.7 Å². The van der Waals surface area contributed by atoms with E-state index in [1.165, 1.54) is 11.3 Å². The molecule has 2 aromatic heterocycles. The second kappa shape index (κ2) is 11.5. The first-order valence-electron chi connectivity index (χ1n) is 12.2. The van der Waals surface area contributed by atoms with Gasteiger partial charge in [-0.1, -0.05) is 24.3 Å². The van der Waals surface area contributed by atoms with Gasteiger partial charge in [-0.25, -0.2) is 0 Å². The van der Waals surface area contributed by atoms with Crippen molar-refractivity contribution in [2.24, 2.45) is 0 Å². The van der Waals surface area contributed by atoms with E-state index in [0.29, 0.717) is 57.1 Å². The fourth-order valence-corrected chi connectivity index (χ4v) is 5.20. The number of aromatic nitrogens is 1. The van der Waals surface area contributed by atoms with Gasteiger partial charge in [-0.2, -0.15) is 0 Å². The molecule has 9 heteroatoms. The van der Waals surface area contributed by atoms with Crippen LogP contribution in [0.2, 0.25) is 0 Å². The topological polar surface area (TPSA) is 88.8 Å². The maximum absolute atomic E-state index is 13.6. The molecule has 1 aromatic carbocycles. The lowest BCUT2D eigenvalue weighted by molar-refractivity contribution is -0.136. The molecule has 0 aliphatic carbocycles. The molecule has 0 bridgehead atoms. The molecule has 0 saturated carbocycles. The molecule has 1 fully saturated rings. The van der Waals surface area contributed by atoms with E-state index >= 15 is 0 Å². The van der Waals surface area contributed by atoms with Crippen molar-refractivity contribution in [2.75, 3.05) is 45.8 Å². The number of carbonyl (C=O) groups excluding carboxylic acids is 3. The molecule has 3 aromatic rings. The van der Waals surface area contributed by atoms with Crippen molar-refractivity contribution in [1.29, 1.82) is 0 Å². The number of hydrogen-bond donors (Lipinski definition) is 2. The van der Waals surface area contributed by atoms with Crippen LogP contribution >= 0.6 is 11.3 Å². The van der Waals surface area contributed by atoms with Crippen LogP contribution in [0.5, 0.6) is 0 Å². The molecular formula is C26H33N5O3S. The summed E-state index contributed by atoms with van der Waals surface area (Å²) in [7, 11) is 0. The fraction of sp³-hybridized carbons (Fsp3) is 0.423. The molecule has 1 aliphatic heterocycles. The lowest BCUT2D eigenvalue weighted by Gasteiger charge is -2.37. The predicted octanol–water partition coefficient (Wildman–Crippen LogP) is 2.58. The number of H-pyrrole nitrogens is 1. The number of rotatable bonds is 9. The van der Waals surface area contributed by atoms with E-state index in [9.17, 15) is 14.4 Å². The Hall–Kier alpha value is -3.17. The first-order valence-corrected chi connectivity index (χ1v) is 13.1. The minimum atomic E-state index is -0.673. The second-order valence-corrected chi connectivity index (χ2v) is 9.68. The number of piperazine rings is 1. The molecule has 1 unspecified atom stereocenters. The van der Waals surface area contributed by atoms with E-state index in [1.54, 1.807) is 6.07 Å². The second-order valence-electron chi connectivity index (χ2n) is 8.73. The first-order chi connectivity index (χ1) is 17.0. The number of hydrogen-bond acceptors (Lipinski definition) is 5. The zero-order chi connectivity index (χ0) is 24.8. The van der Waals surface area contributed by atoms with Crippen molar-refractivity contribution in [3.63, 3.8) is 0 Å². The quantitative estimate of drug-likeness (QED) is 0.478. The Morgan fingerprint density at radius 1 is 1.06 bits per heavy atom. The molecular weight excluding hydrogens is 462 g/mol. The van der Waals surface area contributed by atoms with Crippen LogP contribution < -0.4 is 5.32 Å². The van der Waals surface area contributed by atoms with Crippen molar-refractivity contribution in [2.45, 2.75) is 26.3 Å². The molecule has 2 N–H and O–H groups in total. The van der Waals surface area contributed by atoms with Crippen LogP contribution in [-0.2, 0) is 16.0 Å². The number of benzene rings is 1. The van der Waals surface area contributed by atoms with Gasteiger partial charge in [0, 0.05) is 62.8 Å². The van der Waals surface area contributed by atoms with E-state index in [0.717, 1.165) is 16.5 Å². The van der Waals surface area contributed by atoms with Crippen molar-refractivity contribution < 1.29 is 14.4 Å². The first kappa shape index (κ1) is 24.9. The largest absolute Gasteiger partial charge is 0.361 e. The summed E-state index contributed by atoms with van der Waals surface area (Å²) in [5.74, 6) is -0.202. The van der Waals surface area contributed by atoms with Crippen LogP contribution in [0.25, 0.3) is 10.9 Å². The van der Waals surface area contributed by atoms with Gasteiger partial charge in [0.1, 0.15) is 6.04 Å². The van der Waals surface area contributed by atoms with Crippen LogP contribution in [0.15, 0.2) is 48.0 Å². The Morgan fingerprint density at radius 2 is 1.80 bits per heavy atom. The molecule has 8 nitrogen and oxygen atoms in total. The highest BCUT2D eigenvalue weighted by molar-refractivity contribution is 7.12. The van der Waals surface area contributed by atoms with Gasteiger partial charge < -0.3 is 20.1 Å². The summed E-state index contributed by atoms with van der Waals surface area (Å²) in [5, 5.41) is 5.89. The van der Waals surface area contributed by atoms with Crippen LogP contribution in [0.4, 0.5) is 0 Å². The molecule has 35 heavy (non-hydrogen) atoms. The normalized spacial score (nSPS) is 15.2. The smallest absolute Gasteiger partial charge is 0.262 e. The maximum Gasteiger partial charge on any atom is 0.262 e. The molecule has 3 heterocycles. The number of aromatic amines is 1. The van der Waals surface area contributed by atoms with Crippen LogP contribution in [0.3, 0.4) is 0 Å². The van der Waals surface area contributed by atoms with Crippen molar-refractivity contribution in [3.8, 4) is 0 Å². The third-order valence-electron chi connectivity index (χ3n) is 6.61. The molecule has 1 atom stereocenters. The van der Waals surface area contributed by atoms with Crippen molar-refractivity contribution in [1.82, 2.24) is 25.0 Å². The third-order valence-corrected chi connectivity index (χ3v) is 7.47. The Kier molecular flexibility index (Phi) is 8.20. The van der Waals surface area contributed by atoms with Gasteiger partial charge in [0.15, 0.2) is 0 Å². The van der Waals surface area contributed by atoms with Gasteiger partial charge in [-0.05, 0) is 36.9 Å². The Bertz CT molecular complexity index is 1150. The Balaban J connectivity index is 1.44. The number of nitrogens with one attached hydrogen (secondary N) is 2. The highest BCUT2D eigenvalue weighted by Crippen LogP contribution is 2.20. The maximum atomic E-state index is 13.6. The summed E-state index contributed by atoms with van der Waals surface area (Å²) in [6.07, 6.45) is 2.32. The number of carbonyl (C=O) groups is 3. The number of para-hydroxylation sites is 1. The van der Waals surface area contributed by atoms with Crippen LogP contribution in [-0.4, -0.2) is 89.3 Å². The molecule has 1 aliphatic rings. The molecule has 186 valence electrons. The van der Waals surface area contributed by atoms with Crippen LogP contribution in [0.1, 0.15) is 29.1 Å². The predicted molar refractivity (Wildman–Crippen MR) is 139 cm³/mol. The molecule has 3 amide bonds. The number of amides is 3. The standard InChI is InChI=1S/C26H33N5O3S/c1-3-30(4-2)24(32)18-29-11-13-31(14-12-29)26(34)22(28-25(33)23-10-7-15-35-23)16-19-17-27-21-9-6-5-8-20(19)21/h5-10,15,17,22,27H,3-4,11-14,16,18H2,1-2H3,(H,28,33). The summed E-state index contributed by atoms with van der Waals surface area (Å²) in [4.78, 5) is 48.5. The Morgan fingerprint density at radius 3 is 2.49 bits per heavy atom. The van der Waals surface area contributed by atoms with Gasteiger partial charge in [0.05, 0.1) is 11.4 Å². The summed E-state index contributed by atoms with van der Waals surface area (Å²) < 4.78 is 0. The minimum absolute atomic E-state index is 0.0880. The molecule has 4 rings (SSSR count). The molecule has 1 saturated heterocycles. The average molecular weight is 496 g/mol. The van der Waals surface area contributed by atoms with Gasteiger partial charge in [0.25, 0.3) is 5.91 Å². The summed E-state index contributed by atoms with van der Waals surface area (Å²) in [6, 6.07) is 10.9. The lowest BCUT2D eigenvalue weighted by Crippen LogP contribution is -2.56. The fourth-order valence-electron chi connectivity index (χ4n) is 4.57. The third kappa shape index (κ3) is 5.91. The summed E-state index contributed by atoms with van der Waals surface area (Å²) >= 11 is 1.36. The average Bonchev–Trinajstić information content (AvgIpc) is 3.55. The molecule has 0 radical (unpaired) electrons. The van der Waals surface area contributed by atoms with Gasteiger partial charge in [-0.3, -0.25) is 19.3 Å². The van der Waals surface area contributed by atoms with Crippen molar-refractivity contribution in [3.05, 3.63) is 58.4 Å². The Labute approximate surface area is 209 Å². The van der Waals surface area contributed by atoms with Gasteiger partial charge in [0.2, 0.25) is 11.8 Å². The van der Waals surface area contributed by atoms with E-state index in [4.69, 9.17) is 0 Å². The van der Waals surface area contributed by atoms with Gasteiger partial charge >= 0.3 is 0 Å². The lowest BCUT2D eigenvalue weighted by atomic mass is 10.0. The van der Waals surface area contributed by atoms with Crippen molar-refractivity contribution >= 4 is 40.0 Å². The monoisotopic (exact) mass is 495 g/mol. The summed E-state index contributed by atoms with van der Waals surface area (Å²) in [5.41, 5.74) is 2.00. The summed E-state index contributed by atoms with van der Waals surface area (Å²) in [6.45, 7) is 8.08. The van der Waals surface area contributed by atoms with E-state index in [2.05, 4.69) is 15.2 Å².